The highest BCUT2D eigenvalue weighted by molar-refractivity contribution is 5.82. The number of nitrogens with one attached hydrogen (secondary N) is 1. The Bertz CT molecular complexity index is 1030. The van der Waals surface area contributed by atoms with Gasteiger partial charge in [0.2, 0.25) is 0 Å². The summed E-state index contributed by atoms with van der Waals surface area (Å²) in [6.07, 6.45) is 13.4. The highest BCUT2D eigenvalue weighted by atomic mass is 16.7. The highest BCUT2D eigenvalue weighted by Gasteiger charge is 2.60. The molecule has 5 aliphatic rings. The van der Waals surface area contributed by atoms with Crippen molar-refractivity contribution in [1.82, 2.24) is 5.43 Å². The lowest BCUT2D eigenvalue weighted by Gasteiger charge is -2.59. The molecule has 1 N–H and O–H groups in total. The lowest BCUT2D eigenvalue weighted by Crippen LogP contribution is -2.53. The first-order valence-electron chi connectivity index (χ1n) is 13.9. The topological polar surface area (TPSA) is 69.2 Å². The maximum Gasteiger partial charge on any atom is 0.266 e. The minimum atomic E-state index is -0.442. The molecule has 3 saturated carbocycles. The van der Waals surface area contributed by atoms with Gasteiger partial charge in [-0.25, -0.2) is 5.43 Å². The average molecular weight is 493 g/mol. The maximum absolute atomic E-state index is 12.4. The summed E-state index contributed by atoms with van der Waals surface area (Å²) in [7, 11) is 0. The van der Waals surface area contributed by atoms with Crippen molar-refractivity contribution < 1.29 is 19.0 Å². The molecule has 6 atom stereocenters. The van der Waals surface area contributed by atoms with Gasteiger partial charge in [0.05, 0.1) is 25.5 Å². The lowest BCUT2D eigenvalue weighted by atomic mass is 9.47. The van der Waals surface area contributed by atoms with Crippen LogP contribution in [-0.2, 0) is 19.0 Å². The summed E-state index contributed by atoms with van der Waals surface area (Å²) in [5.41, 5.74) is 5.58. The van der Waals surface area contributed by atoms with Crippen LogP contribution in [0.1, 0.15) is 70.8 Å². The standard InChI is InChI=1S/C30H40N2O4/c1-28-14-15-30(35-16-17-36-30)18-22(28)8-9-23-24-10-11-26(29(24,2)13-12-25(23)28)34-20-27(33)32-31-19-21-6-4-3-5-7-21/h3-7,18-19,23-26H,8-17,20H2,1-2H3,(H,32,33)/b31-19+/t23-,24-,25-,26-,28-,29-/m0/s1. The fourth-order valence-corrected chi connectivity index (χ4v) is 8.53. The molecule has 1 aliphatic heterocycles. The molecule has 1 spiro atoms. The first-order chi connectivity index (χ1) is 17.4. The second-order valence-corrected chi connectivity index (χ2v) is 12.1. The summed E-state index contributed by atoms with van der Waals surface area (Å²) in [5.74, 6) is 1.51. The first-order valence-corrected chi connectivity index (χ1v) is 13.9. The molecule has 0 unspecified atom stereocenters. The van der Waals surface area contributed by atoms with Crippen molar-refractivity contribution in [2.45, 2.75) is 77.1 Å². The Morgan fingerprint density at radius 3 is 2.67 bits per heavy atom. The fourth-order valence-electron chi connectivity index (χ4n) is 8.53. The van der Waals surface area contributed by atoms with Crippen molar-refractivity contribution in [3.63, 3.8) is 0 Å². The lowest BCUT2D eigenvalue weighted by molar-refractivity contribution is -0.148. The van der Waals surface area contributed by atoms with E-state index in [2.05, 4.69) is 30.5 Å². The predicted molar refractivity (Wildman–Crippen MR) is 138 cm³/mol. The number of hydrogen-bond acceptors (Lipinski definition) is 5. The van der Waals surface area contributed by atoms with Gasteiger partial charge in [0.25, 0.3) is 5.91 Å². The summed E-state index contributed by atoms with van der Waals surface area (Å²) >= 11 is 0. The van der Waals surface area contributed by atoms with Crippen molar-refractivity contribution in [3.8, 4) is 0 Å². The van der Waals surface area contributed by atoms with Gasteiger partial charge in [0.15, 0.2) is 5.79 Å². The Kier molecular flexibility index (Phi) is 6.33. The van der Waals surface area contributed by atoms with Gasteiger partial charge in [-0.05, 0) is 85.2 Å². The van der Waals surface area contributed by atoms with Crippen LogP contribution in [0.15, 0.2) is 47.1 Å². The summed E-state index contributed by atoms with van der Waals surface area (Å²) < 4.78 is 18.4. The summed E-state index contributed by atoms with van der Waals surface area (Å²) in [5, 5.41) is 4.08. The van der Waals surface area contributed by atoms with Crippen molar-refractivity contribution >= 4 is 12.1 Å². The van der Waals surface area contributed by atoms with Gasteiger partial charge in [-0.3, -0.25) is 4.79 Å². The number of fused-ring (bicyclic) bond motifs is 5. The van der Waals surface area contributed by atoms with Crippen LogP contribution in [0.3, 0.4) is 0 Å². The number of carbonyl (C=O) groups excluding carboxylic acids is 1. The van der Waals surface area contributed by atoms with Gasteiger partial charge in [0.1, 0.15) is 6.61 Å². The molecule has 1 aromatic rings. The van der Waals surface area contributed by atoms with Crippen LogP contribution in [-0.4, -0.2) is 43.8 Å². The molecule has 1 aromatic carbocycles. The van der Waals surface area contributed by atoms with Crippen LogP contribution in [0, 0.1) is 28.6 Å². The average Bonchev–Trinajstić information content (AvgIpc) is 3.48. The highest BCUT2D eigenvalue weighted by Crippen LogP contribution is 2.66. The van der Waals surface area contributed by atoms with E-state index in [1.807, 2.05) is 30.3 Å². The normalized spacial score (nSPS) is 38.9. The van der Waals surface area contributed by atoms with Gasteiger partial charge in [-0.2, -0.15) is 5.10 Å². The number of hydrazone groups is 1. The van der Waals surface area contributed by atoms with E-state index >= 15 is 0 Å². The molecule has 36 heavy (non-hydrogen) atoms. The second kappa shape index (κ2) is 9.38. The molecule has 0 radical (unpaired) electrons. The number of rotatable bonds is 5. The zero-order valence-corrected chi connectivity index (χ0v) is 21.7. The fraction of sp³-hybridized carbons (Fsp3) is 0.667. The molecule has 0 aromatic heterocycles. The quantitative estimate of drug-likeness (QED) is 0.347. The predicted octanol–water partition coefficient (Wildman–Crippen LogP) is 5.23. The molecule has 6 nitrogen and oxygen atoms in total. The molecule has 194 valence electrons. The number of allylic oxidation sites excluding steroid dienone is 1. The van der Waals surface area contributed by atoms with Crippen molar-refractivity contribution in [2.24, 2.45) is 33.7 Å². The van der Waals surface area contributed by atoms with E-state index in [1.54, 1.807) is 11.8 Å². The van der Waals surface area contributed by atoms with Gasteiger partial charge in [0, 0.05) is 6.42 Å². The number of carbonyl (C=O) groups is 1. The number of nitrogens with zero attached hydrogens (tertiary/aromatic N) is 1. The van der Waals surface area contributed by atoms with Crippen LogP contribution < -0.4 is 5.43 Å². The summed E-state index contributed by atoms with van der Waals surface area (Å²) in [6.45, 7) is 6.45. The third-order valence-electron chi connectivity index (χ3n) is 10.4. The smallest absolute Gasteiger partial charge is 0.266 e. The maximum atomic E-state index is 12.4. The Morgan fingerprint density at radius 1 is 1.06 bits per heavy atom. The number of ether oxygens (including phenoxy) is 3. The van der Waals surface area contributed by atoms with Gasteiger partial charge in [-0.1, -0.05) is 49.8 Å². The third kappa shape index (κ3) is 4.15. The van der Waals surface area contributed by atoms with Crippen molar-refractivity contribution in [1.29, 1.82) is 0 Å². The monoisotopic (exact) mass is 492 g/mol. The third-order valence-corrected chi connectivity index (χ3v) is 10.4. The minimum absolute atomic E-state index is 0.0693. The minimum Gasteiger partial charge on any atom is -0.368 e. The van der Waals surface area contributed by atoms with Crippen LogP contribution in [0.4, 0.5) is 0 Å². The number of benzene rings is 1. The molecule has 1 heterocycles. The van der Waals surface area contributed by atoms with Gasteiger partial charge < -0.3 is 14.2 Å². The SMILES string of the molecule is C[C@]12CC[C@H]3[C@@H](CCC4=CC5(CC[C@@]43C)OCCO5)[C@@H]1CC[C@@H]2OCC(=O)N/N=C/c1ccccc1. The number of amides is 1. The van der Waals surface area contributed by atoms with E-state index in [0.29, 0.717) is 19.1 Å². The molecule has 4 fully saturated rings. The molecular formula is C30H40N2O4. The van der Waals surface area contributed by atoms with E-state index in [-0.39, 0.29) is 29.4 Å². The Morgan fingerprint density at radius 2 is 1.86 bits per heavy atom. The van der Waals surface area contributed by atoms with Crippen LogP contribution in [0.2, 0.25) is 0 Å². The largest absolute Gasteiger partial charge is 0.368 e. The molecule has 6 heteroatoms. The van der Waals surface area contributed by atoms with Crippen molar-refractivity contribution in [3.05, 3.63) is 47.5 Å². The first kappa shape index (κ1) is 24.3. The van der Waals surface area contributed by atoms with E-state index in [9.17, 15) is 4.79 Å². The Hall–Kier alpha value is -2.02. The summed E-state index contributed by atoms with van der Waals surface area (Å²) in [6, 6.07) is 9.76. The van der Waals surface area contributed by atoms with E-state index in [4.69, 9.17) is 14.2 Å². The molecule has 0 bridgehead atoms. The molecule has 1 saturated heterocycles. The van der Waals surface area contributed by atoms with Gasteiger partial charge in [-0.15, -0.1) is 0 Å². The van der Waals surface area contributed by atoms with Crippen LogP contribution in [0.5, 0.6) is 0 Å². The molecule has 1 amide bonds. The van der Waals surface area contributed by atoms with E-state index in [1.165, 1.54) is 25.7 Å². The van der Waals surface area contributed by atoms with Crippen LogP contribution >= 0.6 is 0 Å². The van der Waals surface area contributed by atoms with Gasteiger partial charge >= 0.3 is 0 Å². The molecule has 6 rings (SSSR count). The Balaban J connectivity index is 1.08. The van der Waals surface area contributed by atoms with E-state index in [0.717, 1.165) is 43.1 Å². The molecule has 4 aliphatic carbocycles. The molecular weight excluding hydrogens is 452 g/mol. The zero-order valence-electron chi connectivity index (χ0n) is 21.7. The second-order valence-electron chi connectivity index (χ2n) is 12.1. The zero-order chi connectivity index (χ0) is 24.8. The van der Waals surface area contributed by atoms with E-state index < -0.39 is 5.79 Å². The number of hydrogen-bond donors (Lipinski definition) is 1. The van der Waals surface area contributed by atoms with Crippen molar-refractivity contribution in [2.75, 3.05) is 19.8 Å². The summed E-state index contributed by atoms with van der Waals surface area (Å²) in [4.78, 5) is 12.4. The Labute approximate surface area is 214 Å². The van der Waals surface area contributed by atoms with Crippen LogP contribution in [0.25, 0.3) is 0 Å².